The number of benzene rings is 1. The van der Waals surface area contributed by atoms with Crippen LogP contribution in [0.15, 0.2) is 18.2 Å². The van der Waals surface area contributed by atoms with Crippen LogP contribution < -0.4 is 11.1 Å². The van der Waals surface area contributed by atoms with Crippen LogP contribution in [0.1, 0.15) is 45.2 Å². The Kier molecular flexibility index (Phi) is 6.00. The molecule has 0 bridgehead atoms. The van der Waals surface area contributed by atoms with Crippen molar-refractivity contribution in [3.8, 4) is 0 Å². The van der Waals surface area contributed by atoms with Gasteiger partial charge in [-0.2, -0.15) is 0 Å². The molecule has 0 aliphatic carbocycles. The van der Waals surface area contributed by atoms with Gasteiger partial charge in [0.2, 0.25) is 5.91 Å². The van der Waals surface area contributed by atoms with Gasteiger partial charge in [-0.1, -0.05) is 17.7 Å². The van der Waals surface area contributed by atoms with Gasteiger partial charge in [0.1, 0.15) is 5.82 Å². The van der Waals surface area contributed by atoms with Gasteiger partial charge in [-0.05, 0) is 44.9 Å². The highest BCUT2D eigenvalue weighted by Crippen LogP contribution is 2.35. The van der Waals surface area contributed by atoms with E-state index in [4.69, 9.17) is 17.3 Å². The molecule has 3 atom stereocenters. The van der Waals surface area contributed by atoms with Crippen LogP contribution >= 0.6 is 11.6 Å². The predicted octanol–water partition coefficient (Wildman–Crippen LogP) is 2.86. The number of carbonyl (C=O) groups is 1. The first kappa shape index (κ1) is 18.2. The molecular weight excluding hydrogens is 317 g/mol. The molecule has 1 heterocycles. The molecule has 3 N–H and O–H groups in total. The van der Waals surface area contributed by atoms with E-state index in [1.807, 2.05) is 6.07 Å². The second-order valence-corrected chi connectivity index (χ2v) is 7.00. The minimum atomic E-state index is -0.430. The number of likely N-dealkylation sites (tertiary alicyclic amines) is 1. The van der Waals surface area contributed by atoms with Crippen molar-refractivity contribution in [2.75, 3.05) is 6.54 Å². The molecule has 0 aromatic heterocycles. The third-order valence-corrected chi connectivity index (χ3v) is 4.55. The molecule has 2 rings (SSSR count). The molecule has 1 saturated heterocycles. The van der Waals surface area contributed by atoms with Crippen molar-refractivity contribution in [1.29, 1.82) is 0 Å². The van der Waals surface area contributed by atoms with Crippen LogP contribution in [-0.4, -0.2) is 35.5 Å². The predicted molar refractivity (Wildman–Crippen MR) is 90.8 cm³/mol. The summed E-state index contributed by atoms with van der Waals surface area (Å²) in [7, 11) is 0. The number of hydrogen-bond donors (Lipinski definition) is 2. The fourth-order valence-electron chi connectivity index (χ4n) is 3.23. The summed E-state index contributed by atoms with van der Waals surface area (Å²) in [5.74, 6) is -0.490. The Hall–Kier alpha value is -1.17. The van der Waals surface area contributed by atoms with Crippen molar-refractivity contribution in [3.63, 3.8) is 0 Å². The summed E-state index contributed by atoms with van der Waals surface area (Å²) in [6.07, 6.45) is 1.12. The maximum absolute atomic E-state index is 13.9. The van der Waals surface area contributed by atoms with Crippen LogP contribution in [0.4, 0.5) is 4.39 Å². The van der Waals surface area contributed by atoms with E-state index in [1.54, 1.807) is 13.0 Å². The Morgan fingerprint density at radius 1 is 1.48 bits per heavy atom. The first-order valence-electron chi connectivity index (χ1n) is 8.05. The molecule has 1 aliphatic rings. The second-order valence-electron chi connectivity index (χ2n) is 6.59. The molecule has 6 heteroatoms. The van der Waals surface area contributed by atoms with Gasteiger partial charge in [0, 0.05) is 31.1 Å². The maximum atomic E-state index is 13.9. The second kappa shape index (κ2) is 7.60. The molecular formula is C17H25ClFN3O. The number of rotatable bonds is 5. The van der Waals surface area contributed by atoms with E-state index in [9.17, 15) is 9.18 Å². The zero-order valence-electron chi connectivity index (χ0n) is 13.9. The topological polar surface area (TPSA) is 58.4 Å². The highest BCUT2D eigenvalue weighted by molar-refractivity contribution is 6.30. The Bertz CT molecular complexity index is 565. The maximum Gasteiger partial charge on any atom is 0.221 e. The number of carbonyl (C=O) groups excluding carboxylic acids is 1. The third kappa shape index (κ3) is 4.43. The van der Waals surface area contributed by atoms with Crippen LogP contribution in [0.2, 0.25) is 5.02 Å². The molecule has 23 heavy (non-hydrogen) atoms. The van der Waals surface area contributed by atoms with Crippen LogP contribution in [-0.2, 0) is 4.79 Å². The molecule has 1 amide bonds. The molecule has 1 fully saturated rings. The molecule has 0 spiro atoms. The number of hydrogen-bond acceptors (Lipinski definition) is 3. The Morgan fingerprint density at radius 3 is 2.74 bits per heavy atom. The molecule has 128 valence electrons. The summed E-state index contributed by atoms with van der Waals surface area (Å²) in [6.45, 7) is 6.87. The van der Waals surface area contributed by atoms with Crippen molar-refractivity contribution in [2.24, 2.45) is 5.73 Å². The molecule has 0 saturated carbocycles. The van der Waals surface area contributed by atoms with E-state index in [-0.39, 0.29) is 29.1 Å². The van der Waals surface area contributed by atoms with E-state index >= 15 is 0 Å². The number of halogens is 2. The van der Waals surface area contributed by atoms with Crippen LogP contribution in [0.5, 0.6) is 0 Å². The summed E-state index contributed by atoms with van der Waals surface area (Å²) in [6, 6.07) is 4.89. The summed E-state index contributed by atoms with van der Waals surface area (Å²) < 4.78 is 13.9. The molecule has 1 aliphatic heterocycles. The van der Waals surface area contributed by atoms with Gasteiger partial charge in [-0.3, -0.25) is 9.69 Å². The molecule has 3 unspecified atom stereocenters. The number of nitrogens with zero attached hydrogens (tertiary/aromatic N) is 1. The summed E-state index contributed by atoms with van der Waals surface area (Å²) in [5.41, 5.74) is 6.53. The van der Waals surface area contributed by atoms with Crippen molar-refractivity contribution >= 4 is 17.5 Å². The van der Waals surface area contributed by atoms with Crippen molar-refractivity contribution in [3.05, 3.63) is 34.6 Å². The van der Waals surface area contributed by atoms with Crippen molar-refractivity contribution in [1.82, 2.24) is 10.2 Å². The Balaban J connectivity index is 2.24. The Labute approximate surface area is 142 Å². The quantitative estimate of drug-likeness (QED) is 0.865. The zero-order chi connectivity index (χ0) is 17.1. The summed E-state index contributed by atoms with van der Waals surface area (Å²) >= 11 is 5.79. The SMILES string of the molecule is CC(N)CC(=O)NC1CCN(C(C)C)C1c1ccc(Cl)c(F)c1. The van der Waals surface area contributed by atoms with Gasteiger partial charge in [-0.25, -0.2) is 4.39 Å². The van der Waals surface area contributed by atoms with E-state index in [0.29, 0.717) is 12.5 Å². The number of amides is 1. The zero-order valence-corrected chi connectivity index (χ0v) is 14.6. The van der Waals surface area contributed by atoms with Crippen LogP contribution in [0.3, 0.4) is 0 Å². The van der Waals surface area contributed by atoms with Crippen LogP contribution in [0, 0.1) is 5.82 Å². The van der Waals surface area contributed by atoms with Gasteiger partial charge in [0.15, 0.2) is 0 Å². The van der Waals surface area contributed by atoms with Gasteiger partial charge in [-0.15, -0.1) is 0 Å². The molecule has 1 aromatic rings. The van der Waals surface area contributed by atoms with Gasteiger partial charge in [0.25, 0.3) is 0 Å². The lowest BCUT2D eigenvalue weighted by molar-refractivity contribution is -0.122. The average Bonchev–Trinajstić information content (AvgIpc) is 2.84. The normalized spacial score (nSPS) is 23.3. The lowest BCUT2D eigenvalue weighted by Gasteiger charge is -2.32. The van der Waals surface area contributed by atoms with Gasteiger partial charge < -0.3 is 11.1 Å². The number of nitrogens with one attached hydrogen (secondary N) is 1. The van der Waals surface area contributed by atoms with E-state index in [1.165, 1.54) is 6.07 Å². The van der Waals surface area contributed by atoms with E-state index in [2.05, 4.69) is 24.1 Å². The minimum absolute atomic E-state index is 0.0516. The monoisotopic (exact) mass is 341 g/mol. The summed E-state index contributed by atoms with van der Waals surface area (Å²) in [5, 5.41) is 3.17. The highest BCUT2D eigenvalue weighted by atomic mass is 35.5. The highest BCUT2D eigenvalue weighted by Gasteiger charge is 2.37. The van der Waals surface area contributed by atoms with Crippen molar-refractivity contribution < 1.29 is 9.18 Å². The third-order valence-electron chi connectivity index (χ3n) is 4.24. The first-order valence-corrected chi connectivity index (χ1v) is 8.43. The van der Waals surface area contributed by atoms with E-state index < -0.39 is 5.82 Å². The molecule has 1 aromatic carbocycles. The fraction of sp³-hybridized carbons (Fsp3) is 0.588. The van der Waals surface area contributed by atoms with Gasteiger partial charge >= 0.3 is 0 Å². The van der Waals surface area contributed by atoms with Crippen LogP contribution in [0.25, 0.3) is 0 Å². The van der Waals surface area contributed by atoms with Gasteiger partial charge in [0.05, 0.1) is 11.1 Å². The minimum Gasteiger partial charge on any atom is -0.351 e. The van der Waals surface area contributed by atoms with E-state index in [0.717, 1.165) is 18.5 Å². The first-order chi connectivity index (χ1) is 10.8. The lowest BCUT2D eigenvalue weighted by atomic mass is 9.99. The molecule has 0 radical (unpaired) electrons. The smallest absolute Gasteiger partial charge is 0.221 e. The van der Waals surface area contributed by atoms with Crippen molar-refractivity contribution in [2.45, 2.75) is 57.8 Å². The summed E-state index contributed by atoms with van der Waals surface area (Å²) in [4.78, 5) is 14.4. The Morgan fingerprint density at radius 2 is 2.17 bits per heavy atom. The lowest BCUT2D eigenvalue weighted by Crippen LogP contribution is -2.42. The standard InChI is InChI=1S/C17H25ClFN3O/c1-10(2)22-7-6-15(21-16(23)8-11(3)20)17(22)12-4-5-13(18)14(19)9-12/h4-5,9-11,15,17H,6-8,20H2,1-3H3,(H,21,23). The number of nitrogens with two attached hydrogens (primary N) is 1. The fourth-order valence-corrected chi connectivity index (χ4v) is 3.34. The largest absolute Gasteiger partial charge is 0.351 e. The average molecular weight is 342 g/mol. The molecule has 4 nitrogen and oxygen atoms in total.